The van der Waals surface area contributed by atoms with Crippen molar-refractivity contribution < 1.29 is 18.3 Å². The summed E-state index contributed by atoms with van der Waals surface area (Å²) in [4.78, 5) is 12.3. The van der Waals surface area contributed by atoms with E-state index in [4.69, 9.17) is 4.74 Å². The van der Waals surface area contributed by atoms with Gasteiger partial charge in [0.1, 0.15) is 17.4 Å². The largest absolute Gasteiger partial charge is 0.490 e. The Morgan fingerprint density at radius 1 is 1.18 bits per heavy atom. The molecule has 1 aromatic carbocycles. The van der Waals surface area contributed by atoms with Gasteiger partial charge in [0, 0.05) is 43.4 Å². The second-order valence-corrected chi connectivity index (χ2v) is 7.54. The first-order chi connectivity index (χ1) is 13.3. The lowest BCUT2D eigenvalue weighted by Crippen LogP contribution is -2.39. The fourth-order valence-corrected chi connectivity index (χ4v) is 3.83. The molecule has 0 saturated heterocycles. The SMILES string of the molecule is Cc1nn(C)c(C)c1CCC(=O)NC1CCC(Oc2cc(F)cc(F)c2)CC1. The summed E-state index contributed by atoms with van der Waals surface area (Å²) in [6.45, 7) is 3.98. The Hall–Kier alpha value is -2.44. The Morgan fingerprint density at radius 3 is 2.39 bits per heavy atom. The van der Waals surface area contributed by atoms with Gasteiger partial charge in [0.2, 0.25) is 5.91 Å². The highest BCUT2D eigenvalue weighted by atomic mass is 19.1. The number of rotatable bonds is 6. The molecule has 152 valence electrons. The van der Waals surface area contributed by atoms with Crippen molar-refractivity contribution in [3.05, 3.63) is 46.8 Å². The second kappa shape index (κ2) is 8.71. The van der Waals surface area contributed by atoms with Crippen LogP contribution < -0.4 is 10.1 Å². The standard InChI is InChI=1S/C21H27F2N3O2/c1-13-20(14(2)26(3)25-13)8-9-21(27)24-17-4-6-18(7-5-17)28-19-11-15(22)10-16(23)12-19/h10-12,17-18H,4-9H2,1-3H3,(H,24,27). The number of aryl methyl sites for hydroxylation is 2. The van der Waals surface area contributed by atoms with Gasteiger partial charge in [0.15, 0.2) is 0 Å². The Kier molecular flexibility index (Phi) is 6.31. The van der Waals surface area contributed by atoms with Crippen molar-refractivity contribution in [1.82, 2.24) is 15.1 Å². The molecule has 0 radical (unpaired) electrons. The predicted octanol–water partition coefficient (Wildman–Crippen LogP) is 3.75. The number of aromatic nitrogens is 2. The minimum atomic E-state index is -0.643. The first kappa shape index (κ1) is 20.3. The van der Waals surface area contributed by atoms with Crippen molar-refractivity contribution in [2.75, 3.05) is 0 Å². The van der Waals surface area contributed by atoms with Gasteiger partial charge in [0.05, 0.1) is 11.8 Å². The van der Waals surface area contributed by atoms with Gasteiger partial charge >= 0.3 is 0 Å². The van der Waals surface area contributed by atoms with E-state index < -0.39 is 11.6 Å². The quantitative estimate of drug-likeness (QED) is 0.816. The summed E-state index contributed by atoms with van der Waals surface area (Å²) in [6.07, 6.45) is 4.09. The number of ether oxygens (including phenoxy) is 1. The van der Waals surface area contributed by atoms with Crippen LogP contribution >= 0.6 is 0 Å². The molecule has 1 amide bonds. The molecule has 0 atom stereocenters. The first-order valence-electron chi connectivity index (χ1n) is 9.73. The van der Waals surface area contributed by atoms with Crippen LogP contribution in [0.5, 0.6) is 5.75 Å². The van der Waals surface area contributed by atoms with Gasteiger partial charge in [-0.2, -0.15) is 5.10 Å². The van der Waals surface area contributed by atoms with Crippen LogP contribution in [0.1, 0.15) is 49.1 Å². The maximum atomic E-state index is 13.3. The van der Waals surface area contributed by atoms with E-state index in [2.05, 4.69) is 10.4 Å². The molecule has 1 heterocycles. The summed E-state index contributed by atoms with van der Waals surface area (Å²) < 4.78 is 34.1. The van der Waals surface area contributed by atoms with E-state index in [-0.39, 0.29) is 23.8 Å². The highest BCUT2D eigenvalue weighted by Gasteiger charge is 2.24. The number of nitrogens with one attached hydrogen (secondary N) is 1. The molecular weight excluding hydrogens is 364 g/mol. The number of amides is 1. The lowest BCUT2D eigenvalue weighted by molar-refractivity contribution is -0.122. The minimum Gasteiger partial charge on any atom is -0.490 e. The zero-order valence-electron chi connectivity index (χ0n) is 16.6. The zero-order valence-corrected chi connectivity index (χ0v) is 16.6. The van der Waals surface area contributed by atoms with Crippen LogP contribution in [-0.2, 0) is 18.3 Å². The van der Waals surface area contributed by atoms with E-state index in [9.17, 15) is 13.6 Å². The van der Waals surface area contributed by atoms with Crippen molar-refractivity contribution in [2.24, 2.45) is 7.05 Å². The van der Waals surface area contributed by atoms with Gasteiger partial charge in [-0.1, -0.05) is 0 Å². The van der Waals surface area contributed by atoms with Gasteiger partial charge in [0.25, 0.3) is 0 Å². The van der Waals surface area contributed by atoms with Crippen molar-refractivity contribution in [2.45, 2.75) is 64.5 Å². The number of halogens is 2. The third-order valence-electron chi connectivity index (χ3n) is 5.44. The van der Waals surface area contributed by atoms with E-state index >= 15 is 0 Å². The number of carbonyl (C=O) groups is 1. The molecule has 0 unspecified atom stereocenters. The normalized spacial score (nSPS) is 19.5. The minimum absolute atomic E-state index is 0.0409. The smallest absolute Gasteiger partial charge is 0.220 e. The van der Waals surface area contributed by atoms with E-state index in [1.54, 1.807) is 0 Å². The predicted molar refractivity (Wildman–Crippen MR) is 102 cm³/mol. The third-order valence-corrected chi connectivity index (χ3v) is 5.44. The fraction of sp³-hybridized carbons (Fsp3) is 0.524. The number of benzene rings is 1. The highest BCUT2D eigenvalue weighted by molar-refractivity contribution is 5.76. The Bertz CT molecular complexity index is 822. The van der Waals surface area contributed by atoms with E-state index in [0.717, 1.165) is 48.7 Å². The molecule has 3 rings (SSSR count). The van der Waals surface area contributed by atoms with Crippen LogP contribution in [-0.4, -0.2) is 27.8 Å². The number of hydrogen-bond donors (Lipinski definition) is 1. The van der Waals surface area contributed by atoms with Crippen LogP contribution in [0.2, 0.25) is 0 Å². The van der Waals surface area contributed by atoms with Crippen molar-refractivity contribution in [3.63, 3.8) is 0 Å². The lowest BCUT2D eigenvalue weighted by atomic mass is 9.92. The molecule has 1 fully saturated rings. The molecule has 0 spiro atoms. The van der Waals surface area contributed by atoms with Crippen molar-refractivity contribution in [3.8, 4) is 5.75 Å². The molecule has 5 nitrogen and oxygen atoms in total. The molecule has 2 aromatic rings. The summed E-state index contributed by atoms with van der Waals surface area (Å²) in [7, 11) is 1.91. The highest BCUT2D eigenvalue weighted by Crippen LogP contribution is 2.25. The Labute approximate surface area is 164 Å². The number of nitrogens with zero attached hydrogens (tertiary/aromatic N) is 2. The Balaban J connectivity index is 1.43. The monoisotopic (exact) mass is 391 g/mol. The van der Waals surface area contributed by atoms with Crippen LogP contribution in [0, 0.1) is 25.5 Å². The van der Waals surface area contributed by atoms with Crippen LogP contribution in [0.15, 0.2) is 18.2 Å². The molecular formula is C21H27F2N3O2. The van der Waals surface area contributed by atoms with Gasteiger partial charge < -0.3 is 10.1 Å². The van der Waals surface area contributed by atoms with Gasteiger partial charge in [-0.3, -0.25) is 9.48 Å². The molecule has 1 aliphatic rings. The van der Waals surface area contributed by atoms with Gasteiger partial charge in [-0.05, 0) is 51.5 Å². The fourth-order valence-electron chi connectivity index (χ4n) is 3.83. The first-order valence-corrected chi connectivity index (χ1v) is 9.73. The topological polar surface area (TPSA) is 56.2 Å². The van der Waals surface area contributed by atoms with E-state index in [1.807, 2.05) is 25.6 Å². The molecule has 1 N–H and O–H groups in total. The summed E-state index contributed by atoms with van der Waals surface area (Å²) in [6, 6.07) is 3.33. The Morgan fingerprint density at radius 2 is 1.82 bits per heavy atom. The summed E-state index contributed by atoms with van der Waals surface area (Å²) >= 11 is 0. The van der Waals surface area contributed by atoms with Gasteiger partial charge in [-0.25, -0.2) is 8.78 Å². The number of hydrogen-bond acceptors (Lipinski definition) is 3. The molecule has 1 aliphatic carbocycles. The summed E-state index contributed by atoms with van der Waals surface area (Å²) in [5.41, 5.74) is 3.20. The lowest BCUT2D eigenvalue weighted by Gasteiger charge is -2.29. The molecule has 28 heavy (non-hydrogen) atoms. The van der Waals surface area contributed by atoms with Gasteiger partial charge in [-0.15, -0.1) is 0 Å². The molecule has 1 saturated carbocycles. The van der Waals surface area contributed by atoms with E-state index in [0.29, 0.717) is 12.8 Å². The molecule has 0 aliphatic heterocycles. The van der Waals surface area contributed by atoms with E-state index in [1.165, 1.54) is 12.1 Å². The summed E-state index contributed by atoms with van der Waals surface area (Å²) in [5, 5.41) is 7.48. The van der Waals surface area contributed by atoms with Crippen LogP contribution in [0.25, 0.3) is 0 Å². The zero-order chi connectivity index (χ0) is 20.3. The third kappa shape index (κ3) is 5.09. The number of carbonyl (C=O) groups excluding carboxylic acids is 1. The second-order valence-electron chi connectivity index (χ2n) is 7.54. The average Bonchev–Trinajstić information content (AvgIpc) is 2.86. The summed E-state index contributed by atoms with van der Waals surface area (Å²) in [5.74, 6) is -1.03. The van der Waals surface area contributed by atoms with Crippen LogP contribution in [0.3, 0.4) is 0 Å². The maximum Gasteiger partial charge on any atom is 0.220 e. The van der Waals surface area contributed by atoms with Crippen molar-refractivity contribution in [1.29, 1.82) is 0 Å². The average molecular weight is 391 g/mol. The van der Waals surface area contributed by atoms with Crippen LogP contribution in [0.4, 0.5) is 8.78 Å². The van der Waals surface area contributed by atoms with Crippen molar-refractivity contribution >= 4 is 5.91 Å². The molecule has 0 bridgehead atoms. The molecule has 7 heteroatoms. The maximum absolute atomic E-state index is 13.3. The molecule has 1 aromatic heterocycles.